The van der Waals surface area contributed by atoms with Crippen LogP contribution in [0.4, 0.5) is 0 Å². The summed E-state index contributed by atoms with van der Waals surface area (Å²) in [6.45, 7) is 4.30. The van der Waals surface area contributed by atoms with Gasteiger partial charge in [0.1, 0.15) is 0 Å². The third-order valence-electron chi connectivity index (χ3n) is 4.21. The van der Waals surface area contributed by atoms with Gasteiger partial charge in [0.15, 0.2) is 0 Å². The molecule has 0 aromatic heterocycles. The maximum atomic E-state index is 6.61. The minimum atomic E-state index is -0.156. The van der Waals surface area contributed by atoms with E-state index in [2.05, 4.69) is 25.1 Å². The van der Waals surface area contributed by atoms with Crippen LogP contribution < -0.4 is 5.73 Å². The fourth-order valence-electron chi connectivity index (χ4n) is 2.94. The first-order valence-corrected chi connectivity index (χ1v) is 6.98. The van der Waals surface area contributed by atoms with Gasteiger partial charge in [-0.1, -0.05) is 49.9 Å². The van der Waals surface area contributed by atoms with Crippen LogP contribution in [-0.4, -0.2) is 0 Å². The van der Waals surface area contributed by atoms with Gasteiger partial charge in [-0.15, -0.1) is 0 Å². The summed E-state index contributed by atoms with van der Waals surface area (Å²) >= 11 is 6.21. The Labute approximate surface area is 109 Å². The smallest absolute Gasteiger partial charge is 0.0438 e. The second-order valence-electron chi connectivity index (χ2n) is 5.49. The molecule has 17 heavy (non-hydrogen) atoms. The number of halogens is 1. The Morgan fingerprint density at radius 3 is 2.88 bits per heavy atom. The summed E-state index contributed by atoms with van der Waals surface area (Å²) in [5, 5.41) is 0.839. The summed E-state index contributed by atoms with van der Waals surface area (Å²) in [5.41, 5.74) is 8.79. The zero-order valence-corrected chi connectivity index (χ0v) is 11.6. The van der Waals surface area contributed by atoms with Crippen LogP contribution in [0.2, 0.25) is 5.02 Å². The molecule has 2 N–H and O–H groups in total. The second-order valence-corrected chi connectivity index (χ2v) is 5.90. The molecule has 1 fully saturated rings. The topological polar surface area (TPSA) is 26.0 Å². The van der Waals surface area contributed by atoms with E-state index in [9.17, 15) is 0 Å². The lowest BCUT2D eigenvalue weighted by molar-refractivity contribution is 0.221. The lowest BCUT2D eigenvalue weighted by Gasteiger charge is -2.38. The van der Waals surface area contributed by atoms with Crippen LogP contribution in [0.1, 0.15) is 50.2 Å². The third-order valence-corrected chi connectivity index (χ3v) is 4.62. The number of hydrogen-bond acceptors (Lipinski definition) is 1. The van der Waals surface area contributed by atoms with Crippen molar-refractivity contribution in [2.75, 3.05) is 0 Å². The van der Waals surface area contributed by atoms with Gasteiger partial charge in [-0.05, 0) is 42.9 Å². The molecule has 0 radical (unpaired) electrons. The molecule has 0 aliphatic heterocycles. The number of hydrogen-bond donors (Lipinski definition) is 1. The van der Waals surface area contributed by atoms with E-state index < -0.39 is 0 Å². The number of nitrogens with two attached hydrogens (primary N) is 1. The molecular weight excluding hydrogens is 230 g/mol. The number of benzene rings is 1. The van der Waals surface area contributed by atoms with E-state index >= 15 is 0 Å². The summed E-state index contributed by atoms with van der Waals surface area (Å²) in [6.07, 6.45) is 5.99. The van der Waals surface area contributed by atoms with E-state index in [-0.39, 0.29) is 5.54 Å². The second kappa shape index (κ2) is 4.99. The molecule has 0 spiro atoms. The van der Waals surface area contributed by atoms with Gasteiger partial charge >= 0.3 is 0 Å². The zero-order chi connectivity index (χ0) is 12.5. The van der Waals surface area contributed by atoms with Crippen molar-refractivity contribution in [2.24, 2.45) is 11.7 Å². The van der Waals surface area contributed by atoms with Crippen LogP contribution in [0.3, 0.4) is 0 Å². The monoisotopic (exact) mass is 251 g/mol. The van der Waals surface area contributed by atoms with Gasteiger partial charge in [0, 0.05) is 10.6 Å². The molecule has 2 unspecified atom stereocenters. The number of rotatable bonds is 2. The highest BCUT2D eigenvalue weighted by Crippen LogP contribution is 2.40. The average Bonchev–Trinajstić information content (AvgIpc) is 2.32. The Hall–Kier alpha value is -0.530. The van der Waals surface area contributed by atoms with Crippen molar-refractivity contribution in [3.05, 3.63) is 34.3 Å². The predicted octanol–water partition coefficient (Wildman–Crippen LogP) is 4.40. The maximum absolute atomic E-state index is 6.61. The standard InChI is InChI=1S/C15H22ClN/c1-3-12-5-4-8-15(17,10-12)13-7-6-11(2)14(16)9-13/h6-7,9,12H,3-5,8,10,17H2,1-2H3. The van der Waals surface area contributed by atoms with Crippen molar-refractivity contribution >= 4 is 11.6 Å². The Kier molecular flexibility index (Phi) is 3.79. The highest BCUT2D eigenvalue weighted by Gasteiger charge is 2.33. The van der Waals surface area contributed by atoms with E-state index in [1.807, 2.05) is 6.92 Å². The summed E-state index contributed by atoms with van der Waals surface area (Å²) in [7, 11) is 0. The van der Waals surface area contributed by atoms with Gasteiger partial charge in [-0.2, -0.15) is 0 Å². The van der Waals surface area contributed by atoms with Crippen molar-refractivity contribution in [3.63, 3.8) is 0 Å². The minimum absolute atomic E-state index is 0.156. The molecule has 0 amide bonds. The fourth-order valence-corrected chi connectivity index (χ4v) is 3.12. The Morgan fingerprint density at radius 2 is 2.24 bits per heavy atom. The summed E-state index contributed by atoms with van der Waals surface area (Å²) in [4.78, 5) is 0. The van der Waals surface area contributed by atoms with E-state index in [4.69, 9.17) is 17.3 Å². The van der Waals surface area contributed by atoms with Crippen molar-refractivity contribution in [3.8, 4) is 0 Å². The molecule has 1 nitrogen and oxygen atoms in total. The van der Waals surface area contributed by atoms with Gasteiger partial charge in [0.05, 0.1) is 0 Å². The van der Waals surface area contributed by atoms with Crippen molar-refractivity contribution < 1.29 is 0 Å². The van der Waals surface area contributed by atoms with Crippen molar-refractivity contribution in [2.45, 2.75) is 51.5 Å². The van der Waals surface area contributed by atoms with E-state index in [0.29, 0.717) is 0 Å². The van der Waals surface area contributed by atoms with Gasteiger partial charge in [-0.25, -0.2) is 0 Å². The fraction of sp³-hybridized carbons (Fsp3) is 0.600. The Balaban J connectivity index is 2.27. The Morgan fingerprint density at radius 1 is 1.47 bits per heavy atom. The summed E-state index contributed by atoms with van der Waals surface area (Å²) in [6, 6.07) is 6.30. The van der Waals surface area contributed by atoms with Crippen LogP contribution >= 0.6 is 11.6 Å². The molecule has 0 heterocycles. The molecule has 1 aromatic rings. The van der Waals surface area contributed by atoms with E-state index in [0.717, 1.165) is 29.3 Å². The maximum Gasteiger partial charge on any atom is 0.0438 e. The van der Waals surface area contributed by atoms with Crippen molar-refractivity contribution in [1.82, 2.24) is 0 Å². The molecule has 1 aliphatic rings. The average molecular weight is 252 g/mol. The summed E-state index contributed by atoms with van der Waals surface area (Å²) in [5.74, 6) is 0.772. The molecule has 1 saturated carbocycles. The molecule has 1 aromatic carbocycles. The highest BCUT2D eigenvalue weighted by molar-refractivity contribution is 6.31. The van der Waals surface area contributed by atoms with Crippen LogP contribution in [0.25, 0.3) is 0 Å². The molecule has 2 heteroatoms. The SMILES string of the molecule is CCC1CCCC(N)(c2ccc(C)c(Cl)c2)C1. The minimum Gasteiger partial charge on any atom is -0.321 e. The first kappa shape index (κ1) is 12.9. The third kappa shape index (κ3) is 2.66. The van der Waals surface area contributed by atoms with E-state index in [1.54, 1.807) is 0 Å². The largest absolute Gasteiger partial charge is 0.321 e. The van der Waals surface area contributed by atoms with Gasteiger partial charge in [0.25, 0.3) is 0 Å². The first-order chi connectivity index (χ1) is 8.05. The quantitative estimate of drug-likeness (QED) is 0.828. The molecule has 94 valence electrons. The van der Waals surface area contributed by atoms with Crippen LogP contribution in [0.5, 0.6) is 0 Å². The normalized spacial score (nSPS) is 29.3. The van der Waals surface area contributed by atoms with Crippen LogP contribution in [0, 0.1) is 12.8 Å². The molecule has 2 atom stereocenters. The Bertz CT molecular complexity index is 402. The first-order valence-electron chi connectivity index (χ1n) is 6.60. The molecule has 0 saturated heterocycles. The van der Waals surface area contributed by atoms with Crippen molar-refractivity contribution in [1.29, 1.82) is 0 Å². The van der Waals surface area contributed by atoms with Gasteiger partial charge < -0.3 is 5.73 Å². The molecule has 1 aliphatic carbocycles. The highest BCUT2D eigenvalue weighted by atomic mass is 35.5. The summed E-state index contributed by atoms with van der Waals surface area (Å²) < 4.78 is 0. The van der Waals surface area contributed by atoms with E-state index in [1.165, 1.54) is 24.8 Å². The van der Waals surface area contributed by atoms with Crippen LogP contribution in [-0.2, 0) is 5.54 Å². The van der Waals surface area contributed by atoms with Gasteiger partial charge in [0.2, 0.25) is 0 Å². The zero-order valence-electron chi connectivity index (χ0n) is 10.8. The number of aryl methyl sites for hydroxylation is 1. The molecule has 0 bridgehead atoms. The predicted molar refractivity (Wildman–Crippen MR) is 74.3 cm³/mol. The lowest BCUT2D eigenvalue weighted by Crippen LogP contribution is -2.41. The van der Waals surface area contributed by atoms with Gasteiger partial charge in [-0.3, -0.25) is 0 Å². The van der Waals surface area contributed by atoms with Crippen LogP contribution in [0.15, 0.2) is 18.2 Å². The molecule has 2 rings (SSSR count). The lowest BCUT2D eigenvalue weighted by atomic mass is 9.72. The molecular formula is C15H22ClN.